The van der Waals surface area contributed by atoms with Crippen molar-refractivity contribution < 1.29 is 0 Å². The maximum Gasteiger partial charge on any atom is 0.131 e. The molecule has 0 atom stereocenters. The second-order valence-corrected chi connectivity index (χ2v) is 4.28. The number of benzene rings is 1. The fraction of sp³-hybridized carbons (Fsp3) is 0.133. The highest BCUT2D eigenvalue weighted by Gasteiger charge is 2.05. The van der Waals surface area contributed by atoms with E-state index in [9.17, 15) is 0 Å². The summed E-state index contributed by atoms with van der Waals surface area (Å²) in [6, 6.07) is 14.1. The summed E-state index contributed by atoms with van der Waals surface area (Å²) in [6.07, 6.45) is 4.69. The highest BCUT2D eigenvalue weighted by atomic mass is 15.4. The lowest BCUT2D eigenvalue weighted by Crippen LogP contribution is -1.94. The van der Waals surface area contributed by atoms with E-state index in [0.717, 1.165) is 23.5 Å². The van der Waals surface area contributed by atoms with Crippen LogP contribution in [0.5, 0.6) is 0 Å². The van der Waals surface area contributed by atoms with Crippen LogP contribution in [0.3, 0.4) is 0 Å². The van der Waals surface area contributed by atoms with E-state index < -0.39 is 0 Å². The number of hydrogen-bond donors (Lipinski definition) is 0. The Balaban J connectivity index is 1.92. The van der Waals surface area contributed by atoms with Gasteiger partial charge in [-0.25, -0.2) is 4.68 Å². The summed E-state index contributed by atoms with van der Waals surface area (Å²) < 4.78 is 1.77. The Labute approximate surface area is 111 Å². The molecule has 0 unspecified atom stereocenters. The Hall–Kier alpha value is -2.49. The fourth-order valence-corrected chi connectivity index (χ4v) is 1.91. The molecule has 0 radical (unpaired) electrons. The summed E-state index contributed by atoms with van der Waals surface area (Å²) in [4.78, 5) is 4.27. The van der Waals surface area contributed by atoms with Crippen molar-refractivity contribution in [1.82, 2.24) is 20.0 Å². The zero-order chi connectivity index (χ0) is 13.1. The molecule has 0 aliphatic rings. The smallest absolute Gasteiger partial charge is 0.131 e. The van der Waals surface area contributed by atoms with Gasteiger partial charge in [0.05, 0.1) is 17.6 Å². The van der Waals surface area contributed by atoms with Gasteiger partial charge in [-0.3, -0.25) is 4.98 Å². The largest absolute Gasteiger partial charge is 0.254 e. The molecule has 1 aromatic carbocycles. The summed E-state index contributed by atoms with van der Waals surface area (Å²) in [5.41, 5.74) is 3.93. The van der Waals surface area contributed by atoms with Gasteiger partial charge in [0.15, 0.2) is 0 Å². The van der Waals surface area contributed by atoms with E-state index in [1.54, 1.807) is 10.9 Å². The molecule has 0 fully saturated rings. The third kappa shape index (κ3) is 2.38. The Morgan fingerprint density at radius 2 is 1.84 bits per heavy atom. The van der Waals surface area contributed by atoms with Crippen LogP contribution < -0.4 is 0 Å². The molecular weight excluding hydrogens is 236 g/mol. The SMILES string of the molecule is CCc1ccc(-n2cc(-c3ccccn3)nn2)cc1. The molecule has 4 heteroatoms. The molecule has 0 amide bonds. The molecule has 19 heavy (non-hydrogen) atoms. The minimum Gasteiger partial charge on any atom is -0.254 e. The van der Waals surface area contributed by atoms with Crippen LogP contribution in [0.25, 0.3) is 17.1 Å². The van der Waals surface area contributed by atoms with E-state index in [1.807, 2.05) is 24.4 Å². The van der Waals surface area contributed by atoms with Gasteiger partial charge < -0.3 is 0 Å². The van der Waals surface area contributed by atoms with E-state index in [-0.39, 0.29) is 0 Å². The second-order valence-electron chi connectivity index (χ2n) is 4.28. The lowest BCUT2D eigenvalue weighted by Gasteiger charge is -2.01. The molecule has 0 spiro atoms. The quantitative estimate of drug-likeness (QED) is 0.718. The molecule has 2 heterocycles. The maximum absolute atomic E-state index is 4.27. The van der Waals surface area contributed by atoms with E-state index in [4.69, 9.17) is 0 Å². The van der Waals surface area contributed by atoms with Gasteiger partial charge in [-0.05, 0) is 36.2 Å². The molecule has 0 saturated carbocycles. The lowest BCUT2D eigenvalue weighted by molar-refractivity contribution is 0.803. The second kappa shape index (κ2) is 5.02. The average Bonchev–Trinajstić information content (AvgIpc) is 2.98. The number of rotatable bonds is 3. The molecule has 94 valence electrons. The third-order valence-electron chi connectivity index (χ3n) is 3.03. The summed E-state index contributed by atoms with van der Waals surface area (Å²) >= 11 is 0. The van der Waals surface area contributed by atoms with Crippen LogP contribution in [0.4, 0.5) is 0 Å². The van der Waals surface area contributed by atoms with Crippen LogP contribution in [0.1, 0.15) is 12.5 Å². The number of aryl methyl sites for hydroxylation is 1. The van der Waals surface area contributed by atoms with Crippen molar-refractivity contribution in [3.05, 3.63) is 60.4 Å². The highest BCUT2D eigenvalue weighted by Crippen LogP contribution is 2.15. The Morgan fingerprint density at radius 3 is 2.53 bits per heavy atom. The molecule has 0 N–H and O–H groups in total. The van der Waals surface area contributed by atoms with Crippen LogP contribution in [0.2, 0.25) is 0 Å². The predicted octanol–water partition coefficient (Wildman–Crippen LogP) is 2.89. The Morgan fingerprint density at radius 1 is 1.00 bits per heavy atom. The van der Waals surface area contributed by atoms with Crippen molar-refractivity contribution in [2.75, 3.05) is 0 Å². The Bertz CT molecular complexity index is 656. The first-order valence-electron chi connectivity index (χ1n) is 6.30. The molecule has 3 aromatic rings. The molecule has 0 bridgehead atoms. The van der Waals surface area contributed by atoms with Crippen molar-refractivity contribution in [3.8, 4) is 17.1 Å². The molecule has 0 aliphatic carbocycles. The number of nitrogens with zero attached hydrogens (tertiary/aromatic N) is 4. The van der Waals surface area contributed by atoms with Crippen molar-refractivity contribution in [2.45, 2.75) is 13.3 Å². The first kappa shape index (κ1) is 11.6. The van der Waals surface area contributed by atoms with Gasteiger partial charge in [0.25, 0.3) is 0 Å². The third-order valence-corrected chi connectivity index (χ3v) is 3.03. The van der Waals surface area contributed by atoms with Crippen molar-refractivity contribution in [3.63, 3.8) is 0 Å². The molecule has 4 nitrogen and oxygen atoms in total. The van der Waals surface area contributed by atoms with Crippen LogP contribution in [0.15, 0.2) is 54.9 Å². The zero-order valence-electron chi connectivity index (χ0n) is 10.7. The van der Waals surface area contributed by atoms with Crippen LogP contribution >= 0.6 is 0 Å². The van der Waals surface area contributed by atoms with E-state index in [0.29, 0.717) is 0 Å². The lowest BCUT2D eigenvalue weighted by atomic mass is 10.1. The molecule has 0 saturated heterocycles. The van der Waals surface area contributed by atoms with E-state index in [1.165, 1.54) is 5.56 Å². The average molecular weight is 250 g/mol. The van der Waals surface area contributed by atoms with E-state index in [2.05, 4.69) is 46.5 Å². The number of hydrogen-bond acceptors (Lipinski definition) is 3. The minimum absolute atomic E-state index is 0.778. The van der Waals surface area contributed by atoms with Gasteiger partial charge >= 0.3 is 0 Å². The zero-order valence-corrected chi connectivity index (χ0v) is 10.7. The molecule has 2 aromatic heterocycles. The number of aromatic nitrogens is 4. The van der Waals surface area contributed by atoms with Crippen LogP contribution in [-0.4, -0.2) is 20.0 Å². The normalized spacial score (nSPS) is 10.6. The minimum atomic E-state index is 0.778. The monoisotopic (exact) mass is 250 g/mol. The summed E-state index contributed by atoms with van der Waals surface area (Å²) in [7, 11) is 0. The van der Waals surface area contributed by atoms with Crippen molar-refractivity contribution in [2.24, 2.45) is 0 Å². The molecule has 0 aliphatic heterocycles. The maximum atomic E-state index is 4.27. The van der Waals surface area contributed by atoms with Gasteiger partial charge in [-0.15, -0.1) is 5.10 Å². The van der Waals surface area contributed by atoms with Gasteiger partial charge in [0, 0.05) is 6.20 Å². The number of pyridine rings is 1. The van der Waals surface area contributed by atoms with E-state index >= 15 is 0 Å². The van der Waals surface area contributed by atoms with Crippen LogP contribution in [0, 0.1) is 0 Å². The molecule has 3 rings (SSSR count). The first-order valence-corrected chi connectivity index (χ1v) is 6.30. The summed E-state index contributed by atoms with van der Waals surface area (Å²) in [6.45, 7) is 2.14. The topological polar surface area (TPSA) is 43.6 Å². The first-order chi connectivity index (χ1) is 9.36. The van der Waals surface area contributed by atoms with Crippen molar-refractivity contribution >= 4 is 0 Å². The summed E-state index contributed by atoms with van der Waals surface area (Å²) in [5, 5.41) is 8.30. The van der Waals surface area contributed by atoms with Crippen LogP contribution in [-0.2, 0) is 6.42 Å². The predicted molar refractivity (Wildman–Crippen MR) is 74.0 cm³/mol. The van der Waals surface area contributed by atoms with Gasteiger partial charge in [-0.2, -0.15) is 0 Å². The fourth-order valence-electron chi connectivity index (χ4n) is 1.91. The van der Waals surface area contributed by atoms with Gasteiger partial charge in [0.1, 0.15) is 5.69 Å². The van der Waals surface area contributed by atoms with Gasteiger partial charge in [0.2, 0.25) is 0 Å². The Kier molecular flexibility index (Phi) is 3.06. The highest BCUT2D eigenvalue weighted by molar-refractivity contribution is 5.52. The van der Waals surface area contributed by atoms with Crippen molar-refractivity contribution in [1.29, 1.82) is 0 Å². The molecular formula is C15H14N4. The van der Waals surface area contributed by atoms with Gasteiger partial charge in [-0.1, -0.05) is 30.3 Å². The summed E-state index contributed by atoms with van der Waals surface area (Å²) in [5.74, 6) is 0. The standard InChI is InChI=1S/C15H14N4/c1-2-12-6-8-13(9-7-12)19-11-15(17-18-19)14-5-3-4-10-16-14/h3-11H,2H2,1H3.